The van der Waals surface area contributed by atoms with Crippen LogP contribution in [0.2, 0.25) is 0 Å². The fraction of sp³-hybridized carbons (Fsp3) is 0.520. The Balaban J connectivity index is 2.14. The Hall–Kier alpha value is -3.00. The maximum Gasteiger partial charge on any atom is 0.312 e. The molecule has 0 saturated heterocycles. The van der Waals surface area contributed by atoms with E-state index in [0.717, 1.165) is 0 Å². The molecule has 180 valence electrons. The molecule has 8 nitrogen and oxygen atoms in total. The van der Waals surface area contributed by atoms with Crippen molar-refractivity contribution in [2.24, 2.45) is 21.6 Å². The number of Topliss-reactive ketones (excluding diaryl/α,β-unsaturated/α-hetero) is 1. The van der Waals surface area contributed by atoms with E-state index in [1.165, 1.54) is 0 Å². The number of ketones is 1. The summed E-state index contributed by atoms with van der Waals surface area (Å²) in [6.45, 7) is 10.2. The Labute approximate surface area is 195 Å². The minimum absolute atomic E-state index is 0.0380. The Morgan fingerprint density at radius 3 is 2.33 bits per heavy atom. The van der Waals surface area contributed by atoms with E-state index in [0.29, 0.717) is 35.6 Å². The van der Waals surface area contributed by atoms with Crippen molar-refractivity contribution in [1.29, 1.82) is 0 Å². The Morgan fingerprint density at radius 2 is 1.79 bits per heavy atom. The van der Waals surface area contributed by atoms with E-state index in [-0.39, 0.29) is 48.8 Å². The number of nitrogens with one attached hydrogen (secondary N) is 1. The molecule has 0 aliphatic heterocycles. The monoisotopic (exact) mass is 457 g/mol. The lowest BCUT2D eigenvalue weighted by atomic mass is 9.72. The first kappa shape index (κ1) is 26.3. The molecule has 2 rings (SSSR count). The second-order valence-corrected chi connectivity index (χ2v) is 10.1. The number of hydrogen-bond donors (Lipinski definition) is 3. The van der Waals surface area contributed by atoms with Crippen LogP contribution in [-0.2, 0) is 14.4 Å². The standard InChI is InChI=1S/C25H35N3O5/c1-24(2,3)23(22-18(29)14-25(4,5)15-19(22)30)28-16-6-8-17(9-7-16)33-21(32)11-13-27-20(31)10-12-26/h6-9,29H,10-15,26H2,1-5H3,(H,27,31). The highest BCUT2D eigenvalue weighted by molar-refractivity contribution is 6.25. The molecular weight excluding hydrogens is 422 g/mol. The zero-order chi connectivity index (χ0) is 24.8. The summed E-state index contributed by atoms with van der Waals surface area (Å²) >= 11 is 0. The van der Waals surface area contributed by atoms with Gasteiger partial charge in [-0.2, -0.15) is 0 Å². The highest BCUT2D eigenvalue weighted by Crippen LogP contribution is 2.39. The van der Waals surface area contributed by atoms with Crippen molar-refractivity contribution in [1.82, 2.24) is 5.32 Å². The summed E-state index contributed by atoms with van der Waals surface area (Å²) in [5, 5.41) is 13.3. The number of carbonyl (C=O) groups is 3. The minimum Gasteiger partial charge on any atom is -0.511 e. The summed E-state index contributed by atoms with van der Waals surface area (Å²) in [5.41, 5.74) is 5.95. The normalized spacial score (nSPS) is 16.5. The van der Waals surface area contributed by atoms with Crippen LogP contribution < -0.4 is 15.8 Å². The van der Waals surface area contributed by atoms with E-state index in [2.05, 4.69) is 10.3 Å². The number of aliphatic imine (C=N–C) groups is 1. The predicted molar refractivity (Wildman–Crippen MR) is 128 cm³/mol. The molecule has 1 aromatic carbocycles. The Kier molecular flexibility index (Phi) is 8.55. The number of allylic oxidation sites excluding steroid dienone is 2. The molecule has 0 spiro atoms. The van der Waals surface area contributed by atoms with Crippen LogP contribution in [0.1, 0.15) is 60.3 Å². The molecule has 1 aliphatic rings. The summed E-state index contributed by atoms with van der Waals surface area (Å²) in [5.74, 6) is -0.360. The minimum atomic E-state index is -0.472. The SMILES string of the molecule is CC1(C)CC(=O)C(C(=Nc2ccc(OC(=O)CCNC(=O)CCN)cc2)C(C)(C)C)=C(O)C1. The van der Waals surface area contributed by atoms with Crippen molar-refractivity contribution in [2.45, 2.75) is 60.3 Å². The smallest absolute Gasteiger partial charge is 0.312 e. The number of rotatable bonds is 8. The summed E-state index contributed by atoms with van der Waals surface area (Å²) in [4.78, 5) is 40.9. The van der Waals surface area contributed by atoms with Crippen LogP contribution >= 0.6 is 0 Å². The third kappa shape index (κ3) is 7.82. The van der Waals surface area contributed by atoms with Gasteiger partial charge in [0.15, 0.2) is 5.78 Å². The predicted octanol–water partition coefficient (Wildman–Crippen LogP) is 3.77. The van der Waals surface area contributed by atoms with Gasteiger partial charge in [-0.3, -0.25) is 19.4 Å². The third-order valence-corrected chi connectivity index (χ3v) is 5.13. The van der Waals surface area contributed by atoms with Crippen LogP contribution in [0, 0.1) is 10.8 Å². The number of esters is 1. The number of hydrogen-bond acceptors (Lipinski definition) is 7. The molecule has 0 atom stereocenters. The molecule has 33 heavy (non-hydrogen) atoms. The fourth-order valence-corrected chi connectivity index (χ4v) is 3.58. The average Bonchev–Trinajstić information content (AvgIpc) is 2.66. The van der Waals surface area contributed by atoms with Gasteiger partial charge in [-0.15, -0.1) is 0 Å². The molecule has 1 aliphatic carbocycles. The van der Waals surface area contributed by atoms with E-state index in [9.17, 15) is 19.5 Å². The lowest BCUT2D eigenvalue weighted by Crippen LogP contribution is -2.34. The van der Waals surface area contributed by atoms with Crippen LogP contribution in [0.15, 0.2) is 40.6 Å². The van der Waals surface area contributed by atoms with Crippen molar-refractivity contribution in [3.8, 4) is 5.75 Å². The average molecular weight is 458 g/mol. The summed E-state index contributed by atoms with van der Waals surface area (Å²) in [7, 11) is 0. The molecule has 0 fully saturated rings. The van der Waals surface area contributed by atoms with Crippen molar-refractivity contribution >= 4 is 29.1 Å². The molecule has 0 saturated carbocycles. The van der Waals surface area contributed by atoms with Crippen LogP contribution in [-0.4, -0.2) is 41.6 Å². The highest BCUT2D eigenvalue weighted by Gasteiger charge is 2.38. The third-order valence-electron chi connectivity index (χ3n) is 5.13. The number of nitrogens with zero attached hydrogens (tertiary/aromatic N) is 1. The number of aliphatic hydroxyl groups is 1. The van der Waals surface area contributed by atoms with Gasteiger partial charge in [0, 0.05) is 37.8 Å². The lowest BCUT2D eigenvalue weighted by molar-refractivity contribution is -0.134. The van der Waals surface area contributed by atoms with Crippen LogP contribution in [0.5, 0.6) is 5.75 Å². The number of benzene rings is 1. The number of ether oxygens (including phenoxy) is 1. The van der Waals surface area contributed by atoms with Gasteiger partial charge in [0.2, 0.25) is 5.91 Å². The van der Waals surface area contributed by atoms with E-state index >= 15 is 0 Å². The van der Waals surface area contributed by atoms with E-state index < -0.39 is 11.4 Å². The molecule has 8 heteroatoms. The van der Waals surface area contributed by atoms with Gasteiger partial charge in [-0.05, 0) is 29.7 Å². The second kappa shape index (κ2) is 10.7. The maximum absolute atomic E-state index is 12.9. The first-order chi connectivity index (χ1) is 15.3. The molecule has 0 aromatic heterocycles. The van der Waals surface area contributed by atoms with Crippen molar-refractivity contribution in [3.05, 3.63) is 35.6 Å². The van der Waals surface area contributed by atoms with Gasteiger partial charge in [0.25, 0.3) is 0 Å². The second-order valence-electron chi connectivity index (χ2n) is 10.1. The lowest BCUT2D eigenvalue weighted by Gasteiger charge is -2.33. The number of amides is 1. The van der Waals surface area contributed by atoms with E-state index in [4.69, 9.17) is 10.5 Å². The number of aliphatic hydroxyl groups excluding tert-OH is 1. The van der Waals surface area contributed by atoms with Gasteiger partial charge in [0.05, 0.1) is 23.4 Å². The van der Waals surface area contributed by atoms with E-state index in [1.54, 1.807) is 24.3 Å². The molecule has 4 N–H and O–H groups in total. The maximum atomic E-state index is 12.9. The number of nitrogens with two attached hydrogens (primary N) is 1. The van der Waals surface area contributed by atoms with Gasteiger partial charge in [0.1, 0.15) is 11.5 Å². The van der Waals surface area contributed by atoms with Crippen LogP contribution in [0.25, 0.3) is 0 Å². The first-order valence-corrected chi connectivity index (χ1v) is 11.1. The molecule has 0 unspecified atom stereocenters. The molecule has 1 aromatic rings. The van der Waals surface area contributed by atoms with Gasteiger partial charge >= 0.3 is 5.97 Å². The largest absolute Gasteiger partial charge is 0.511 e. The fourth-order valence-electron chi connectivity index (χ4n) is 3.58. The van der Waals surface area contributed by atoms with Crippen molar-refractivity contribution in [3.63, 3.8) is 0 Å². The summed E-state index contributed by atoms with van der Waals surface area (Å²) in [6, 6.07) is 6.60. The Bertz CT molecular complexity index is 953. The topological polar surface area (TPSA) is 131 Å². The zero-order valence-corrected chi connectivity index (χ0v) is 20.2. The van der Waals surface area contributed by atoms with Crippen LogP contribution in [0.3, 0.4) is 0 Å². The van der Waals surface area contributed by atoms with Crippen molar-refractivity contribution in [2.75, 3.05) is 13.1 Å². The summed E-state index contributed by atoms with van der Waals surface area (Å²) in [6.07, 6.45) is 1.02. The highest BCUT2D eigenvalue weighted by atomic mass is 16.5. The number of carbonyl (C=O) groups excluding carboxylic acids is 3. The molecular formula is C25H35N3O5. The summed E-state index contributed by atoms with van der Waals surface area (Å²) < 4.78 is 5.29. The van der Waals surface area contributed by atoms with E-state index in [1.807, 2.05) is 34.6 Å². The first-order valence-electron chi connectivity index (χ1n) is 11.1. The molecule has 1 amide bonds. The van der Waals surface area contributed by atoms with Gasteiger partial charge in [-0.25, -0.2) is 0 Å². The molecule has 0 radical (unpaired) electrons. The van der Waals surface area contributed by atoms with Gasteiger partial charge < -0.3 is 20.9 Å². The van der Waals surface area contributed by atoms with Crippen LogP contribution in [0.4, 0.5) is 5.69 Å². The quantitative estimate of drug-likeness (QED) is 0.309. The van der Waals surface area contributed by atoms with Gasteiger partial charge in [-0.1, -0.05) is 34.6 Å². The van der Waals surface area contributed by atoms with Crippen molar-refractivity contribution < 1.29 is 24.2 Å². The Morgan fingerprint density at radius 1 is 1.15 bits per heavy atom. The zero-order valence-electron chi connectivity index (χ0n) is 20.2. The molecule has 0 heterocycles. The molecule has 0 bridgehead atoms.